The minimum atomic E-state index is -0.317. The van der Waals surface area contributed by atoms with Crippen molar-refractivity contribution in [3.8, 4) is 5.75 Å². The van der Waals surface area contributed by atoms with Gasteiger partial charge in [-0.25, -0.2) is 0 Å². The number of nitrogens with one attached hydrogen (secondary N) is 1. The lowest BCUT2D eigenvalue weighted by Gasteiger charge is -2.11. The minimum absolute atomic E-state index is 0.221. The van der Waals surface area contributed by atoms with Crippen molar-refractivity contribution in [1.29, 1.82) is 0 Å². The Morgan fingerprint density at radius 2 is 2.12 bits per heavy atom. The van der Waals surface area contributed by atoms with Crippen molar-refractivity contribution in [3.63, 3.8) is 0 Å². The highest BCUT2D eigenvalue weighted by molar-refractivity contribution is 5.96. The maximum atomic E-state index is 12.5. The molecule has 2 heterocycles. The summed E-state index contributed by atoms with van der Waals surface area (Å²) in [4.78, 5) is 28.9. The topological polar surface area (TPSA) is 73.2 Å². The molecule has 0 atom stereocenters. The number of hydrogen-bond donors (Lipinski definition) is 1. The number of benzene rings is 1. The Labute approximate surface area is 138 Å². The number of carbonyl (C=O) groups is 1. The molecule has 0 fully saturated rings. The molecule has 0 aliphatic carbocycles. The second-order valence-corrected chi connectivity index (χ2v) is 5.39. The highest BCUT2D eigenvalue weighted by atomic mass is 16.5. The third kappa shape index (κ3) is 2.99. The smallest absolute Gasteiger partial charge is 0.268 e. The zero-order chi connectivity index (χ0) is 17.1. The summed E-state index contributed by atoms with van der Waals surface area (Å²) in [6, 6.07) is 10.5. The lowest BCUT2D eigenvalue weighted by molar-refractivity contribution is 0.0941. The van der Waals surface area contributed by atoms with Gasteiger partial charge in [-0.3, -0.25) is 14.6 Å². The molecule has 24 heavy (non-hydrogen) atoms. The van der Waals surface area contributed by atoms with E-state index in [-0.39, 0.29) is 11.5 Å². The zero-order valence-electron chi connectivity index (χ0n) is 13.4. The number of amides is 1. The third-order valence-electron chi connectivity index (χ3n) is 3.86. The predicted octanol–water partition coefficient (Wildman–Crippen LogP) is 1.87. The summed E-state index contributed by atoms with van der Waals surface area (Å²) in [6.07, 6.45) is 3.36. The monoisotopic (exact) mass is 323 g/mol. The quantitative estimate of drug-likeness (QED) is 0.795. The summed E-state index contributed by atoms with van der Waals surface area (Å²) in [6.45, 7) is 0.344. The second kappa shape index (κ2) is 6.54. The molecule has 0 radical (unpaired) electrons. The molecule has 0 aliphatic heterocycles. The molecule has 0 saturated heterocycles. The van der Waals surface area contributed by atoms with Gasteiger partial charge in [-0.05, 0) is 41.3 Å². The molecule has 0 spiro atoms. The van der Waals surface area contributed by atoms with Crippen molar-refractivity contribution in [2.45, 2.75) is 6.54 Å². The molecule has 3 rings (SSSR count). The molecule has 0 unspecified atom stereocenters. The van der Waals surface area contributed by atoms with E-state index in [4.69, 9.17) is 4.74 Å². The van der Waals surface area contributed by atoms with Crippen molar-refractivity contribution in [1.82, 2.24) is 14.9 Å². The largest absolute Gasteiger partial charge is 0.497 e. The predicted molar refractivity (Wildman–Crippen MR) is 91.1 cm³/mol. The summed E-state index contributed by atoms with van der Waals surface area (Å²) in [5.41, 5.74) is 0.963. The summed E-state index contributed by atoms with van der Waals surface area (Å²) in [5, 5.41) is 4.02. The van der Waals surface area contributed by atoms with Crippen LogP contribution in [0.25, 0.3) is 10.8 Å². The first-order valence-electron chi connectivity index (χ1n) is 7.45. The van der Waals surface area contributed by atoms with E-state index in [0.29, 0.717) is 28.8 Å². The van der Waals surface area contributed by atoms with Crippen LogP contribution in [-0.2, 0) is 13.6 Å². The Morgan fingerprint density at radius 1 is 1.29 bits per heavy atom. The number of hydrogen-bond acceptors (Lipinski definition) is 4. The van der Waals surface area contributed by atoms with Gasteiger partial charge in [-0.2, -0.15) is 0 Å². The molecule has 0 aliphatic rings. The van der Waals surface area contributed by atoms with E-state index >= 15 is 0 Å². The fraction of sp³-hybridized carbons (Fsp3) is 0.167. The van der Waals surface area contributed by atoms with E-state index in [1.54, 1.807) is 56.9 Å². The van der Waals surface area contributed by atoms with Crippen LogP contribution in [0.5, 0.6) is 5.75 Å². The van der Waals surface area contributed by atoms with Crippen molar-refractivity contribution >= 4 is 16.7 Å². The average Bonchev–Trinajstić information content (AvgIpc) is 2.63. The van der Waals surface area contributed by atoms with Gasteiger partial charge in [-0.15, -0.1) is 0 Å². The van der Waals surface area contributed by atoms with E-state index in [1.165, 1.54) is 4.57 Å². The second-order valence-electron chi connectivity index (χ2n) is 5.39. The van der Waals surface area contributed by atoms with E-state index in [9.17, 15) is 9.59 Å². The molecular weight excluding hydrogens is 306 g/mol. The van der Waals surface area contributed by atoms with Crippen LogP contribution in [0, 0.1) is 0 Å². The van der Waals surface area contributed by atoms with Crippen LogP contribution in [-0.4, -0.2) is 22.6 Å². The zero-order valence-corrected chi connectivity index (χ0v) is 13.4. The number of carbonyl (C=O) groups excluding carboxylic acids is 1. The fourth-order valence-electron chi connectivity index (χ4n) is 2.51. The van der Waals surface area contributed by atoms with Gasteiger partial charge in [0, 0.05) is 31.4 Å². The summed E-state index contributed by atoms with van der Waals surface area (Å²) in [5.74, 6) is 0.320. The van der Waals surface area contributed by atoms with Crippen LogP contribution in [0.3, 0.4) is 0 Å². The van der Waals surface area contributed by atoms with Crippen LogP contribution in [0.15, 0.2) is 53.6 Å². The number of fused-ring (bicyclic) bond motifs is 1. The Bertz CT molecular complexity index is 949. The molecule has 3 aromatic rings. The summed E-state index contributed by atoms with van der Waals surface area (Å²) < 4.78 is 6.54. The number of aromatic nitrogens is 2. The Kier molecular flexibility index (Phi) is 4.29. The van der Waals surface area contributed by atoms with Crippen LogP contribution in [0.4, 0.5) is 0 Å². The highest BCUT2D eigenvalue weighted by Crippen LogP contribution is 2.19. The normalized spacial score (nSPS) is 10.6. The Balaban J connectivity index is 1.94. The maximum Gasteiger partial charge on any atom is 0.268 e. The number of ether oxygens (including phenoxy) is 1. The highest BCUT2D eigenvalue weighted by Gasteiger charge is 2.13. The molecule has 1 aromatic carbocycles. The lowest BCUT2D eigenvalue weighted by atomic mass is 10.1. The molecular formula is C18H17N3O3. The molecule has 1 amide bonds. The first-order chi connectivity index (χ1) is 11.6. The number of nitrogens with zero attached hydrogens (tertiary/aromatic N) is 2. The van der Waals surface area contributed by atoms with Gasteiger partial charge >= 0.3 is 0 Å². The molecule has 122 valence electrons. The van der Waals surface area contributed by atoms with Gasteiger partial charge in [0.05, 0.1) is 7.11 Å². The summed E-state index contributed by atoms with van der Waals surface area (Å²) in [7, 11) is 3.15. The standard InChI is InChI=1S/C18H17N3O3/c1-21-16(17(22)20-11-12-4-3-7-19-10-12)9-13-8-14(24-2)5-6-15(13)18(21)23/h3-10H,11H2,1-2H3,(H,20,22). The Morgan fingerprint density at radius 3 is 2.83 bits per heavy atom. The molecule has 2 aromatic heterocycles. The van der Waals surface area contributed by atoms with Crippen molar-refractivity contribution in [3.05, 3.63) is 70.4 Å². The van der Waals surface area contributed by atoms with Crippen LogP contribution in [0.2, 0.25) is 0 Å². The fourth-order valence-corrected chi connectivity index (χ4v) is 2.51. The van der Waals surface area contributed by atoms with Gasteiger partial charge in [-0.1, -0.05) is 6.07 Å². The van der Waals surface area contributed by atoms with Gasteiger partial charge < -0.3 is 14.6 Å². The first-order valence-corrected chi connectivity index (χ1v) is 7.45. The lowest BCUT2D eigenvalue weighted by Crippen LogP contribution is -2.30. The SMILES string of the molecule is COc1ccc2c(=O)n(C)c(C(=O)NCc3cccnc3)cc2c1. The van der Waals surface area contributed by atoms with Crippen molar-refractivity contribution < 1.29 is 9.53 Å². The first kappa shape index (κ1) is 15.7. The average molecular weight is 323 g/mol. The molecule has 6 nitrogen and oxygen atoms in total. The molecule has 0 bridgehead atoms. The molecule has 0 saturated carbocycles. The summed E-state index contributed by atoms with van der Waals surface area (Å²) >= 11 is 0. The third-order valence-corrected chi connectivity index (χ3v) is 3.86. The van der Waals surface area contributed by atoms with Crippen LogP contribution >= 0.6 is 0 Å². The van der Waals surface area contributed by atoms with Crippen LogP contribution in [0.1, 0.15) is 16.1 Å². The number of methoxy groups -OCH3 is 1. The molecule has 6 heteroatoms. The van der Waals surface area contributed by atoms with Gasteiger partial charge in [0.1, 0.15) is 11.4 Å². The van der Waals surface area contributed by atoms with Gasteiger partial charge in [0.25, 0.3) is 11.5 Å². The number of pyridine rings is 2. The van der Waals surface area contributed by atoms with Gasteiger partial charge in [0.2, 0.25) is 0 Å². The van der Waals surface area contributed by atoms with E-state index < -0.39 is 0 Å². The number of rotatable bonds is 4. The van der Waals surface area contributed by atoms with Crippen molar-refractivity contribution in [2.75, 3.05) is 7.11 Å². The van der Waals surface area contributed by atoms with Gasteiger partial charge in [0.15, 0.2) is 0 Å². The van der Waals surface area contributed by atoms with E-state index in [2.05, 4.69) is 10.3 Å². The van der Waals surface area contributed by atoms with E-state index in [0.717, 1.165) is 5.56 Å². The van der Waals surface area contributed by atoms with Crippen LogP contribution < -0.4 is 15.6 Å². The van der Waals surface area contributed by atoms with Crippen molar-refractivity contribution in [2.24, 2.45) is 7.05 Å². The minimum Gasteiger partial charge on any atom is -0.497 e. The maximum absolute atomic E-state index is 12.5. The molecule has 1 N–H and O–H groups in total. The van der Waals surface area contributed by atoms with E-state index in [1.807, 2.05) is 6.07 Å². The Hall–Kier alpha value is -3.15.